The highest BCUT2D eigenvalue weighted by molar-refractivity contribution is 5.33. The molecule has 1 rings (SSSR count). The highest BCUT2D eigenvalue weighted by Gasteiger charge is 2.09. The first-order chi connectivity index (χ1) is 8.04. The summed E-state index contributed by atoms with van der Waals surface area (Å²) in [5, 5.41) is 13.8. The van der Waals surface area contributed by atoms with Crippen molar-refractivity contribution in [3.8, 4) is 0 Å². The Balaban J connectivity index is 2.57. The van der Waals surface area contributed by atoms with Crippen LogP contribution in [0.5, 0.6) is 0 Å². The van der Waals surface area contributed by atoms with E-state index < -0.39 is 4.92 Å². The zero-order valence-electron chi connectivity index (χ0n) is 10.3. The van der Waals surface area contributed by atoms with Gasteiger partial charge in [-0.25, -0.2) is 0 Å². The third-order valence-electron chi connectivity index (χ3n) is 2.72. The smallest absolute Gasteiger partial charge is 0.269 e. The standard InChI is InChI=1S/C12H18N2O3/c1-9(17-3)8-13-10(2)11-4-6-12(7-5-11)14(15)16/h4-7,9-10,13H,8H2,1-3H3. The quantitative estimate of drug-likeness (QED) is 0.610. The van der Waals surface area contributed by atoms with E-state index in [1.807, 2.05) is 13.8 Å². The second-order valence-electron chi connectivity index (χ2n) is 4.02. The second kappa shape index (κ2) is 6.32. The number of hydrogen-bond acceptors (Lipinski definition) is 4. The van der Waals surface area contributed by atoms with Gasteiger partial charge in [-0.15, -0.1) is 0 Å². The van der Waals surface area contributed by atoms with E-state index in [0.717, 1.165) is 12.1 Å². The van der Waals surface area contributed by atoms with Crippen LogP contribution in [0.15, 0.2) is 24.3 Å². The molecule has 0 heterocycles. The van der Waals surface area contributed by atoms with Gasteiger partial charge in [0.05, 0.1) is 11.0 Å². The molecule has 0 aliphatic rings. The van der Waals surface area contributed by atoms with Gasteiger partial charge in [0.15, 0.2) is 0 Å². The highest BCUT2D eigenvalue weighted by atomic mass is 16.6. The highest BCUT2D eigenvalue weighted by Crippen LogP contribution is 2.17. The van der Waals surface area contributed by atoms with Gasteiger partial charge in [-0.3, -0.25) is 10.1 Å². The Morgan fingerprint density at radius 3 is 2.41 bits per heavy atom. The third-order valence-corrected chi connectivity index (χ3v) is 2.72. The summed E-state index contributed by atoms with van der Waals surface area (Å²) in [6.45, 7) is 4.74. The van der Waals surface area contributed by atoms with Gasteiger partial charge in [-0.1, -0.05) is 12.1 Å². The average molecular weight is 238 g/mol. The summed E-state index contributed by atoms with van der Waals surface area (Å²) in [5.74, 6) is 0. The predicted octanol–water partition coefficient (Wildman–Crippen LogP) is 2.28. The van der Waals surface area contributed by atoms with Crippen LogP contribution < -0.4 is 5.32 Å². The van der Waals surface area contributed by atoms with Gasteiger partial charge in [0.1, 0.15) is 0 Å². The number of rotatable bonds is 6. The van der Waals surface area contributed by atoms with E-state index in [-0.39, 0.29) is 17.8 Å². The Morgan fingerprint density at radius 1 is 1.35 bits per heavy atom. The molecule has 2 atom stereocenters. The van der Waals surface area contributed by atoms with Crippen LogP contribution in [-0.4, -0.2) is 24.7 Å². The van der Waals surface area contributed by atoms with Crippen LogP contribution in [0.4, 0.5) is 5.69 Å². The van der Waals surface area contributed by atoms with Gasteiger partial charge >= 0.3 is 0 Å². The molecular weight excluding hydrogens is 220 g/mol. The lowest BCUT2D eigenvalue weighted by atomic mass is 10.1. The fourth-order valence-electron chi connectivity index (χ4n) is 1.43. The molecule has 0 aliphatic heterocycles. The van der Waals surface area contributed by atoms with Crippen LogP contribution in [0, 0.1) is 10.1 Å². The lowest BCUT2D eigenvalue weighted by Gasteiger charge is -2.17. The summed E-state index contributed by atoms with van der Waals surface area (Å²) < 4.78 is 5.14. The Hall–Kier alpha value is -1.46. The molecular formula is C12H18N2O3. The maximum atomic E-state index is 10.5. The SMILES string of the molecule is COC(C)CNC(C)c1ccc([N+](=O)[O-])cc1. The second-order valence-corrected chi connectivity index (χ2v) is 4.02. The molecule has 0 bridgehead atoms. The monoisotopic (exact) mass is 238 g/mol. The van der Waals surface area contributed by atoms with Crippen molar-refractivity contribution in [3.63, 3.8) is 0 Å². The first kappa shape index (κ1) is 13.6. The van der Waals surface area contributed by atoms with E-state index in [1.54, 1.807) is 19.2 Å². The van der Waals surface area contributed by atoms with E-state index in [1.165, 1.54) is 12.1 Å². The molecule has 1 aromatic carbocycles. The molecule has 0 spiro atoms. The maximum absolute atomic E-state index is 10.5. The van der Waals surface area contributed by atoms with Gasteiger partial charge in [-0.05, 0) is 19.4 Å². The summed E-state index contributed by atoms with van der Waals surface area (Å²) in [6.07, 6.45) is 0.149. The van der Waals surface area contributed by atoms with Crippen molar-refractivity contribution in [2.45, 2.75) is 26.0 Å². The molecule has 0 saturated heterocycles. The van der Waals surface area contributed by atoms with Crippen molar-refractivity contribution < 1.29 is 9.66 Å². The minimum Gasteiger partial charge on any atom is -0.380 e. The van der Waals surface area contributed by atoms with Gasteiger partial charge in [0.25, 0.3) is 5.69 Å². The zero-order valence-corrected chi connectivity index (χ0v) is 10.3. The van der Waals surface area contributed by atoms with Crippen LogP contribution in [-0.2, 0) is 4.74 Å². The van der Waals surface area contributed by atoms with Crippen molar-refractivity contribution >= 4 is 5.69 Å². The number of nitro benzene ring substituents is 1. The first-order valence-electron chi connectivity index (χ1n) is 5.55. The number of methoxy groups -OCH3 is 1. The zero-order chi connectivity index (χ0) is 12.8. The fourth-order valence-corrected chi connectivity index (χ4v) is 1.43. The van der Waals surface area contributed by atoms with Crippen LogP contribution in [0.1, 0.15) is 25.5 Å². The molecule has 2 unspecified atom stereocenters. The van der Waals surface area contributed by atoms with Crippen LogP contribution >= 0.6 is 0 Å². The number of nitrogens with zero attached hydrogens (tertiary/aromatic N) is 1. The van der Waals surface area contributed by atoms with E-state index >= 15 is 0 Å². The summed E-state index contributed by atoms with van der Waals surface area (Å²) >= 11 is 0. The summed E-state index contributed by atoms with van der Waals surface area (Å²) in [7, 11) is 1.67. The minimum absolute atomic E-state index is 0.117. The van der Waals surface area contributed by atoms with Crippen LogP contribution in [0.2, 0.25) is 0 Å². The first-order valence-corrected chi connectivity index (χ1v) is 5.55. The molecule has 5 heteroatoms. The number of non-ortho nitro benzene ring substituents is 1. The normalized spacial score (nSPS) is 14.3. The van der Waals surface area contributed by atoms with Crippen LogP contribution in [0.25, 0.3) is 0 Å². The van der Waals surface area contributed by atoms with Crippen LogP contribution in [0.3, 0.4) is 0 Å². The molecule has 1 aromatic rings. The fraction of sp³-hybridized carbons (Fsp3) is 0.500. The molecule has 1 N–H and O–H groups in total. The molecule has 0 amide bonds. The van der Waals surface area contributed by atoms with Crippen molar-refractivity contribution in [2.24, 2.45) is 0 Å². The number of nitro groups is 1. The molecule has 17 heavy (non-hydrogen) atoms. The number of nitrogens with one attached hydrogen (secondary N) is 1. The summed E-state index contributed by atoms with van der Waals surface area (Å²) in [5.41, 5.74) is 1.14. The van der Waals surface area contributed by atoms with E-state index in [0.29, 0.717) is 0 Å². The Labute approximate surface area is 101 Å². The molecule has 0 aliphatic carbocycles. The Bertz CT molecular complexity index is 365. The predicted molar refractivity (Wildman–Crippen MR) is 66.0 cm³/mol. The Kier molecular flexibility index (Phi) is 5.06. The molecule has 5 nitrogen and oxygen atoms in total. The number of ether oxygens (including phenoxy) is 1. The van der Waals surface area contributed by atoms with Crippen molar-refractivity contribution in [1.82, 2.24) is 5.32 Å². The van der Waals surface area contributed by atoms with E-state index in [2.05, 4.69) is 5.32 Å². The van der Waals surface area contributed by atoms with Crippen molar-refractivity contribution in [2.75, 3.05) is 13.7 Å². The Morgan fingerprint density at radius 2 is 1.94 bits per heavy atom. The van der Waals surface area contributed by atoms with Gasteiger partial charge in [0.2, 0.25) is 0 Å². The third kappa shape index (κ3) is 4.13. The molecule has 0 aromatic heterocycles. The number of hydrogen-bond donors (Lipinski definition) is 1. The van der Waals surface area contributed by atoms with Gasteiger partial charge < -0.3 is 10.1 Å². The summed E-state index contributed by atoms with van der Waals surface area (Å²) in [6, 6.07) is 6.73. The average Bonchev–Trinajstić information content (AvgIpc) is 2.35. The lowest BCUT2D eigenvalue weighted by molar-refractivity contribution is -0.384. The van der Waals surface area contributed by atoms with E-state index in [4.69, 9.17) is 4.74 Å². The molecule has 0 radical (unpaired) electrons. The largest absolute Gasteiger partial charge is 0.380 e. The molecule has 0 saturated carbocycles. The topological polar surface area (TPSA) is 64.4 Å². The van der Waals surface area contributed by atoms with Gasteiger partial charge in [-0.2, -0.15) is 0 Å². The molecule has 94 valence electrons. The molecule has 0 fully saturated rings. The number of benzene rings is 1. The maximum Gasteiger partial charge on any atom is 0.269 e. The van der Waals surface area contributed by atoms with E-state index in [9.17, 15) is 10.1 Å². The van der Waals surface area contributed by atoms with Gasteiger partial charge in [0, 0.05) is 31.8 Å². The summed E-state index contributed by atoms with van der Waals surface area (Å²) in [4.78, 5) is 10.1. The van der Waals surface area contributed by atoms with Crippen molar-refractivity contribution in [3.05, 3.63) is 39.9 Å². The van der Waals surface area contributed by atoms with Crippen molar-refractivity contribution in [1.29, 1.82) is 0 Å². The lowest BCUT2D eigenvalue weighted by Crippen LogP contribution is -2.28. The minimum atomic E-state index is -0.394.